The highest BCUT2D eigenvalue weighted by Gasteiger charge is 2.42. The van der Waals surface area contributed by atoms with Crippen LogP contribution in [0.15, 0.2) is 0 Å². The summed E-state index contributed by atoms with van der Waals surface area (Å²) in [6, 6.07) is 0.445. The largest absolute Gasteiger partial charge is 0.323 e. The van der Waals surface area contributed by atoms with Crippen molar-refractivity contribution < 1.29 is 4.79 Å². The fourth-order valence-electron chi connectivity index (χ4n) is 4.12. The first-order valence-electron chi connectivity index (χ1n) is 8.62. The van der Waals surface area contributed by atoms with Crippen molar-refractivity contribution in [1.29, 1.82) is 0 Å². The highest BCUT2D eigenvalue weighted by molar-refractivity contribution is 5.84. The van der Waals surface area contributed by atoms with Crippen LogP contribution in [-0.2, 0) is 4.79 Å². The van der Waals surface area contributed by atoms with E-state index in [1.165, 1.54) is 32.1 Å². The number of hydrogen-bond acceptors (Lipinski definition) is 2. The molecule has 1 heterocycles. The lowest BCUT2D eigenvalue weighted by Gasteiger charge is -2.39. The molecule has 1 aliphatic heterocycles. The summed E-state index contributed by atoms with van der Waals surface area (Å²) in [6.45, 7) is 8.76. The van der Waals surface area contributed by atoms with E-state index in [9.17, 15) is 4.79 Å². The van der Waals surface area contributed by atoms with Gasteiger partial charge < -0.3 is 4.90 Å². The van der Waals surface area contributed by atoms with Crippen molar-refractivity contribution in [2.45, 2.75) is 90.9 Å². The predicted octanol–water partition coefficient (Wildman–Crippen LogP) is 3.54. The van der Waals surface area contributed by atoms with Gasteiger partial charge in [-0.15, -0.1) is 0 Å². The Balaban J connectivity index is 2.13. The highest BCUT2D eigenvalue weighted by Crippen LogP contribution is 2.33. The minimum Gasteiger partial charge on any atom is -0.323 e. The van der Waals surface area contributed by atoms with Crippen LogP contribution in [0.25, 0.3) is 0 Å². The van der Waals surface area contributed by atoms with Crippen molar-refractivity contribution in [2.24, 2.45) is 11.8 Å². The summed E-state index contributed by atoms with van der Waals surface area (Å²) in [5.74, 6) is 1.67. The third-order valence-electron chi connectivity index (χ3n) is 5.07. The molecular weight excluding hydrogens is 248 g/mol. The number of amides is 1. The van der Waals surface area contributed by atoms with Crippen molar-refractivity contribution >= 4 is 5.91 Å². The molecule has 3 unspecified atom stereocenters. The molecule has 3 nitrogen and oxygen atoms in total. The molecule has 0 radical (unpaired) electrons. The lowest BCUT2D eigenvalue weighted by atomic mass is 9.82. The van der Waals surface area contributed by atoms with Crippen molar-refractivity contribution in [1.82, 2.24) is 10.2 Å². The Labute approximate surface area is 124 Å². The molecule has 20 heavy (non-hydrogen) atoms. The minimum absolute atomic E-state index is 0.00334. The van der Waals surface area contributed by atoms with Gasteiger partial charge in [-0.3, -0.25) is 10.1 Å². The Bertz CT molecular complexity index is 323. The summed E-state index contributed by atoms with van der Waals surface area (Å²) in [4.78, 5) is 14.8. The molecule has 1 amide bonds. The Hall–Kier alpha value is -0.570. The first kappa shape index (κ1) is 15.8. The zero-order chi connectivity index (χ0) is 14.7. The Kier molecular flexibility index (Phi) is 5.48. The maximum Gasteiger partial charge on any atom is 0.240 e. The van der Waals surface area contributed by atoms with Gasteiger partial charge in [0.2, 0.25) is 5.91 Å². The van der Waals surface area contributed by atoms with Gasteiger partial charge in [-0.1, -0.05) is 40.0 Å². The molecule has 3 atom stereocenters. The second-order valence-electron chi connectivity index (χ2n) is 7.15. The van der Waals surface area contributed by atoms with Crippen molar-refractivity contribution in [2.75, 3.05) is 0 Å². The van der Waals surface area contributed by atoms with Gasteiger partial charge in [-0.05, 0) is 44.4 Å². The van der Waals surface area contributed by atoms with Crippen LogP contribution < -0.4 is 5.32 Å². The van der Waals surface area contributed by atoms with E-state index in [1.807, 2.05) is 6.92 Å². The smallest absolute Gasteiger partial charge is 0.240 e. The van der Waals surface area contributed by atoms with Crippen LogP contribution in [0, 0.1) is 11.8 Å². The first-order valence-corrected chi connectivity index (χ1v) is 8.62. The molecule has 2 aliphatic rings. The fourth-order valence-corrected chi connectivity index (χ4v) is 4.12. The lowest BCUT2D eigenvalue weighted by molar-refractivity contribution is -0.133. The Morgan fingerprint density at radius 2 is 1.90 bits per heavy atom. The van der Waals surface area contributed by atoms with E-state index in [0.717, 1.165) is 18.8 Å². The summed E-state index contributed by atoms with van der Waals surface area (Å²) >= 11 is 0. The molecule has 116 valence electrons. The van der Waals surface area contributed by atoms with Gasteiger partial charge in [0.15, 0.2) is 0 Å². The molecule has 2 fully saturated rings. The van der Waals surface area contributed by atoms with Crippen LogP contribution in [0.3, 0.4) is 0 Å². The van der Waals surface area contributed by atoms with Crippen LogP contribution in [0.2, 0.25) is 0 Å². The van der Waals surface area contributed by atoms with Gasteiger partial charge in [0.1, 0.15) is 0 Å². The summed E-state index contributed by atoms with van der Waals surface area (Å²) in [7, 11) is 0. The normalized spacial score (nSPS) is 30.2. The van der Waals surface area contributed by atoms with Crippen LogP contribution >= 0.6 is 0 Å². The van der Waals surface area contributed by atoms with Gasteiger partial charge >= 0.3 is 0 Å². The maximum atomic E-state index is 12.6. The van der Waals surface area contributed by atoms with E-state index in [2.05, 4.69) is 31.0 Å². The Morgan fingerprint density at radius 1 is 1.25 bits per heavy atom. The van der Waals surface area contributed by atoms with E-state index < -0.39 is 0 Å². The number of hydrogen-bond donors (Lipinski definition) is 1. The van der Waals surface area contributed by atoms with Crippen molar-refractivity contribution in [3.05, 3.63) is 0 Å². The van der Waals surface area contributed by atoms with Gasteiger partial charge in [-0.2, -0.15) is 0 Å². The molecular formula is C17H32N2O. The molecule has 0 bridgehead atoms. The van der Waals surface area contributed by atoms with E-state index >= 15 is 0 Å². The van der Waals surface area contributed by atoms with Crippen LogP contribution in [-0.4, -0.2) is 29.1 Å². The fraction of sp³-hybridized carbons (Fsp3) is 0.941. The van der Waals surface area contributed by atoms with Gasteiger partial charge in [-0.25, -0.2) is 0 Å². The third kappa shape index (κ3) is 3.36. The molecule has 1 N–H and O–H groups in total. The number of carbonyl (C=O) groups is 1. The standard InChI is InChI=1S/C17H32N2O/c1-5-15(14-9-7-6-8-10-14)19-16(11-12(2)3)18-13(4)17(19)20/h12-16,18H,5-11H2,1-4H3. The zero-order valence-electron chi connectivity index (χ0n) is 13.7. The van der Waals surface area contributed by atoms with Crippen molar-refractivity contribution in [3.63, 3.8) is 0 Å². The molecule has 0 aromatic carbocycles. The highest BCUT2D eigenvalue weighted by atomic mass is 16.2. The SMILES string of the molecule is CCC(C1CCCCC1)N1C(=O)C(C)NC1CC(C)C. The zero-order valence-corrected chi connectivity index (χ0v) is 13.7. The van der Waals surface area contributed by atoms with E-state index in [1.54, 1.807) is 0 Å². The quantitative estimate of drug-likeness (QED) is 0.835. The van der Waals surface area contributed by atoms with Gasteiger partial charge in [0, 0.05) is 6.04 Å². The number of rotatable bonds is 5. The lowest BCUT2D eigenvalue weighted by Crippen LogP contribution is -2.48. The molecule has 0 aromatic rings. The molecule has 1 saturated carbocycles. The summed E-state index contributed by atoms with van der Waals surface area (Å²) < 4.78 is 0. The number of nitrogens with zero attached hydrogens (tertiary/aromatic N) is 1. The average Bonchev–Trinajstić information content (AvgIpc) is 2.68. The second-order valence-corrected chi connectivity index (χ2v) is 7.15. The van der Waals surface area contributed by atoms with E-state index in [0.29, 0.717) is 17.9 Å². The maximum absolute atomic E-state index is 12.6. The third-order valence-corrected chi connectivity index (χ3v) is 5.07. The van der Waals surface area contributed by atoms with Gasteiger partial charge in [0.05, 0.1) is 12.2 Å². The minimum atomic E-state index is -0.00334. The summed E-state index contributed by atoms with van der Waals surface area (Å²) in [5.41, 5.74) is 0. The van der Waals surface area contributed by atoms with Crippen LogP contribution in [0.4, 0.5) is 0 Å². The monoisotopic (exact) mass is 280 g/mol. The van der Waals surface area contributed by atoms with Crippen LogP contribution in [0.1, 0.15) is 72.6 Å². The number of carbonyl (C=O) groups excluding carboxylic acids is 1. The first-order chi connectivity index (χ1) is 9.54. The molecule has 3 heteroatoms. The van der Waals surface area contributed by atoms with Gasteiger partial charge in [0.25, 0.3) is 0 Å². The van der Waals surface area contributed by atoms with E-state index in [-0.39, 0.29) is 12.2 Å². The molecule has 1 saturated heterocycles. The topological polar surface area (TPSA) is 32.3 Å². The summed E-state index contributed by atoms with van der Waals surface area (Å²) in [6.07, 6.45) is 9.12. The van der Waals surface area contributed by atoms with Crippen molar-refractivity contribution in [3.8, 4) is 0 Å². The second kappa shape index (κ2) is 6.93. The van der Waals surface area contributed by atoms with E-state index in [4.69, 9.17) is 0 Å². The Morgan fingerprint density at radius 3 is 2.45 bits per heavy atom. The number of nitrogens with one attached hydrogen (secondary N) is 1. The van der Waals surface area contributed by atoms with Crippen LogP contribution in [0.5, 0.6) is 0 Å². The molecule has 1 aliphatic carbocycles. The molecule has 0 spiro atoms. The average molecular weight is 280 g/mol. The predicted molar refractivity (Wildman–Crippen MR) is 83.3 cm³/mol. The molecule has 0 aromatic heterocycles. The molecule has 2 rings (SSSR count). The summed E-state index contributed by atoms with van der Waals surface area (Å²) in [5, 5.41) is 3.52.